The Kier molecular flexibility index (Phi) is 7.81. The van der Waals surface area contributed by atoms with Crippen LogP contribution >= 0.6 is 0 Å². The van der Waals surface area contributed by atoms with E-state index in [0.717, 1.165) is 62.0 Å². The number of hydrogen-bond donors (Lipinski definition) is 0. The van der Waals surface area contributed by atoms with Crippen LogP contribution in [0.1, 0.15) is 85.9 Å². The van der Waals surface area contributed by atoms with Gasteiger partial charge in [0.1, 0.15) is 28.9 Å². The first kappa shape index (κ1) is 24.2. The molecule has 0 bridgehead atoms. The van der Waals surface area contributed by atoms with Crippen molar-refractivity contribution in [2.75, 3.05) is 20.3 Å². The molecule has 182 valence electrons. The van der Waals surface area contributed by atoms with E-state index in [1.54, 1.807) is 6.07 Å². The van der Waals surface area contributed by atoms with Crippen molar-refractivity contribution >= 4 is 5.97 Å². The molecule has 0 spiro atoms. The van der Waals surface area contributed by atoms with Gasteiger partial charge in [-0.05, 0) is 61.4 Å². The molecule has 0 amide bonds. The summed E-state index contributed by atoms with van der Waals surface area (Å²) in [5, 5.41) is 0. The lowest BCUT2D eigenvalue weighted by atomic mass is 9.79. The average molecular weight is 465 g/mol. The van der Waals surface area contributed by atoms with Crippen LogP contribution in [0.4, 0.5) is 0 Å². The van der Waals surface area contributed by atoms with Crippen molar-refractivity contribution in [1.29, 1.82) is 0 Å². The number of hydrogen-bond acceptors (Lipinski definition) is 5. The third-order valence-electron chi connectivity index (χ3n) is 6.82. The summed E-state index contributed by atoms with van der Waals surface area (Å²) in [6, 6.07) is 12.0. The lowest BCUT2D eigenvalue weighted by molar-refractivity contribution is 0.0575. The van der Waals surface area contributed by atoms with Gasteiger partial charge in [-0.1, -0.05) is 51.0 Å². The lowest BCUT2D eigenvalue weighted by Gasteiger charge is -2.37. The fourth-order valence-electron chi connectivity index (χ4n) is 5.01. The molecule has 0 saturated heterocycles. The van der Waals surface area contributed by atoms with Gasteiger partial charge in [-0.15, -0.1) is 0 Å². The summed E-state index contributed by atoms with van der Waals surface area (Å²) in [7, 11) is 1.40. The highest BCUT2D eigenvalue weighted by Crippen LogP contribution is 2.56. The zero-order valence-corrected chi connectivity index (χ0v) is 20.6. The van der Waals surface area contributed by atoms with Gasteiger partial charge in [-0.3, -0.25) is 0 Å². The van der Waals surface area contributed by atoms with Crippen LogP contribution in [0.5, 0.6) is 17.2 Å². The summed E-state index contributed by atoms with van der Waals surface area (Å²) in [5.74, 6) is 2.23. The van der Waals surface area contributed by atoms with Gasteiger partial charge >= 0.3 is 5.97 Å². The summed E-state index contributed by atoms with van der Waals surface area (Å²) in [6.45, 7) is 9.91. The van der Waals surface area contributed by atoms with Crippen LogP contribution in [-0.4, -0.2) is 26.3 Å². The Bertz CT molecular complexity index is 1010. The minimum absolute atomic E-state index is 0.170. The molecule has 2 aliphatic rings. The second kappa shape index (κ2) is 11.0. The van der Waals surface area contributed by atoms with E-state index in [9.17, 15) is 4.79 Å². The summed E-state index contributed by atoms with van der Waals surface area (Å²) in [4.78, 5) is 12.7. The first-order valence-electron chi connectivity index (χ1n) is 12.5. The Balaban J connectivity index is 1.68. The number of allylic oxidation sites excluding steroid dienone is 1. The molecule has 2 aromatic carbocycles. The quantitative estimate of drug-likeness (QED) is 0.215. The number of rotatable bonds is 10. The van der Waals surface area contributed by atoms with Crippen LogP contribution in [0, 0.1) is 5.92 Å². The maximum absolute atomic E-state index is 12.7. The van der Waals surface area contributed by atoms with Crippen molar-refractivity contribution in [1.82, 2.24) is 0 Å². The number of esters is 1. The minimum Gasteiger partial charge on any atom is -0.494 e. The Hall–Kier alpha value is -2.95. The van der Waals surface area contributed by atoms with Gasteiger partial charge in [0.15, 0.2) is 0 Å². The maximum atomic E-state index is 12.7. The smallest absolute Gasteiger partial charge is 0.341 e. The number of fused-ring (bicyclic) bond motifs is 3. The molecule has 1 saturated carbocycles. The third kappa shape index (κ3) is 5.08. The predicted molar refractivity (Wildman–Crippen MR) is 133 cm³/mol. The number of ether oxygens (including phenoxy) is 4. The van der Waals surface area contributed by atoms with E-state index in [1.165, 1.54) is 12.7 Å². The molecule has 0 aromatic heterocycles. The van der Waals surface area contributed by atoms with Crippen LogP contribution in [0.25, 0.3) is 0 Å². The molecule has 5 nitrogen and oxygen atoms in total. The highest BCUT2D eigenvalue weighted by Gasteiger charge is 2.45. The molecule has 1 aliphatic heterocycles. The molecule has 0 radical (unpaired) electrons. The van der Waals surface area contributed by atoms with E-state index in [-0.39, 0.29) is 17.9 Å². The average Bonchev–Trinajstić information content (AvgIpc) is 3.25. The van der Waals surface area contributed by atoms with Gasteiger partial charge < -0.3 is 18.9 Å². The minimum atomic E-state index is -0.411. The molecule has 2 aromatic rings. The first-order chi connectivity index (χ1) is 16.5. The van der Waals surface area contributed by atoms with Crippen molar-refractivity contribution < 1.29 is 23.7 Å². The zero-order valence-electron chi connectivity index (χ0n) is 20.6. The van der Waals surface area contributed by atoms with Gasteiger partial charge in [-0.25, -0.2) is 4.79 Å². The van der Waals surface area contributed by atoms with Gasteiger partial charge in [0.05, 0.1) is 20.3 Å². The van der Waals surface area contributed by atoms with E-state index >= 15 is 0 Å². The monoisotopic (exact) mass is 464 g/mol. The largest absolute Gasteiger partial charge is 0.494 e. The number of carbonyl (C=O) groups is 1. The van der Waals surface area contributed by atoms with Crippen LogP contribution in [0.15, 0.2) is 48.6 Å². The van der Waals surface area contributed by atoms with Crippen molar-refractivity contribution in [2.45, 2.75) is 64.4 Å². The van der Waals surface area contributed by atoms with Crippen LogP contribution < -0.4 is 14.2 Å². The molecule has 34 heavy (non-hydrogen) atoms. The molecule has 0 N–H and O–H groups in total. The number of unbranched alkanes of at least 4 members (excludes halogenated alkanes) is 2. The van der Waals surface area contributed by atoms with Gasteiger partial charge in [0, 0.05) is 11.5 Å². The SMILES string of the molecule is C=C1C[C@@H]2[C@H](C1)c1cc(OCCCC)cc(C(=O)OC)c1O[C@@H]2c1ccc(OCCCC)cc1. The molecular formula is C29H36O5. The van der Waals surface area contributed by atoms with E-state index < -0.39 is 5.97 Å². The molecule has 4 rings (SSSR count). The van der Waals surface area contributed by atoms with Crippen LogP contribution in [0.3, 0.4) is 0 Å². The molecule has 3 atom stereocenters. The Morgan fingerprint density at radius 2 is 1.68 bits per heavy atom. The highest BCUT2D eigenvalue weighted by atomic mass is 16.5. The fourth-order valence-corrected chi connectivity index (χ4v) is 5.01. The Labute approximate surface area is 203 Å². The van der Waals surface area contributed by atoms with Crippen molar-refractivity contribution in [2.24, 2.45) is 5.92 Å². The van der Waals surface area contributed by atoms with Gasteiger partial charge in [0.2, 0.25) is 0 Å². The molecule has 0 unspecified atom stereocenters. The third-order valence-corrected chi connectivity index (χ3v) is 6.82. The molecule has 1 fully saturated rings. The molecular weight excluding hydrogens is 428 g/mol. The number of benzene rings is 2. The van der Waals surface area contributed by atoms with Gasteiger partial charge in [-0.2, -0.15) is 0 Å². The van der Waals surface area contributed by atoms with Crippen LogP contribution in [0.2, 0.25) is 0 Å². The fraction of sp³-hybridized carbons (Fsp3) is 0.483. The van der Waals surface area contributed by atoms with E-state index in [0.29, 0.717) is 23.7 Å². The Morgan fingerprint density at radius 3 is 2.32 bits per heavy atom. The van der Waals surface area contributed by atoms with Gasteiger partial charge in [0.25, 0.3) is 0 Å². The van der Waals surface area contributed by atoms with E-state index in [1.807, 2.05) is 12.1 Å². The lowest BCUT2D eigenvalue weighted by Crippen LogP contribution is -2.28. The van der Waals surface area contributed by atoms with E-state index in [4.69, 9.17) is 18.9 Å². The second-order valence-corrected chi connectivity index (χ2v) is 9.32. The van der Waals surface area contributed by atoms with E-state index in [2.05, 4.69) is 38.6 Å². The topological polar surface area (TPSA) is 54.0 Å². The van der Waals surface area contributed by atoms with Crippen molar-refractivity contribution in [3.8, 4) is 17.2 Å². The second-order valence-electron chi connectivity index (χ2n) is 9.32. The predicted octanol–water partition coefficient (Wildman–Crippen LogP) is 7.01. The Morgan fingerprint density at radius 1 is 1.00 bits per heavy atom. The maximum Gasteiger partial charge on any atom is 0.341 e. The highest BCUT2D eigenvalue weighted by molar-refractivity contribution is 5.94. The standard InChI is InChI=1S/C29H36O5/c1-5-7-13-32-21-11-9-20(10-12-21)27-24-16-19(3)15-23(24)25-17-22(33-14-8-6-2)18-26(28(25)34-27)29(30)31-4/h9-12,17-18,23-24,27H,3,5-8,13-16H2,1-2,4H3/t23-,24+,27+/m0/s1. The molecule has 5 heteroatoms. The molecule has 1 heterocycles. The van der Waals surface area contributed by atoms with Crippen LogP contribution in [-0.2, 0) is 4.74 Å². The summed E-state index contributed by atoms with van der Waals surface area (Å²) < 4.78 is 23.6. The number of carbonyl (C=O) groups excluding carboxylic acids is 1. The molecule has 1 aliphatic carbocycles. The normalized spacial score (nSPS) is 20.8. The number of methoxy groups -OCH3 is 1. The summed E-state index contributed by atoms with van der Waals surface area (Å²) in [6.07, 6.45) is 5.77. The summed E-state index contributed by atoms with van der Waals surface area (Å²) >= 11 is 0. The van der Waals surface area contributed by atoms with Crippen molar-refractivity contribution in [3.63, 3.8) is 0 Å². The van der Waals surface area contributed by atoms with Crippen molar-refractivity contribution in [3.05, 3.63) is 65.2 Å². The zero-order chi connectivity index (χ0) is 24.1. The first-order valence-corrected chi connectivity index (χ1v) is 12.5. The summed E-state index contributed by atoms with van der Waals surface area (Å²) in [5.41, 5.74) is 3.74.